The van der Waals surface area contributed by atoms with E-state index in [0.29, 0.717) is 5.76 Å². The summed E-state index contributed by atoms with van der Waals surface area (Å²) >= 11 is 0. The van der Waals surface area contributed by atoms with E-state index in [0.717, 1.165) is 38.4 Å². The van der Waals surface area contributed by atoms with E-state index in [1.54, 1.807) is 12.1 Å². The third-order valence-corrected chi connectivity index (χ3v) is 4.91. The summed E-state index contributed by atoms with van der Waals surface area (Å²) in [5.41, 5.74) is 2.33. The SMILES string of the molecule is CS(=O)(=O)N(CC(=O)N/N=C/c1ccco1)C1CCCCC1. The van der Waals surface area contributed by atoms with Gasteiger partial charge in [0.25, 0.3) is 5.91 Å². The predicted octanol–water partition coefficient (Wildman–Crippen LogP) is 1.32. The molecule has 1 aromatic heterocycles. The number of sulfonamides is 1. The van der Waals surface area contributed by atoms with E-state index < -0.39 is 15.9 Å². The van der Waals surface area contributed by atoms with Crippen LogP contribution in [0.25, 0.3) is 0 Å². The molecule has 0 spiro atoms. The summed E-state index contributed by atoms with van der Waals surface area (Å²) in [5.74, 6) is 0.0476. The van der Waals surface area contributed by atoms with Crippen LogP contribution < -0.4 is 5.43 Å². The van der Waals surface area contributed by atoms with E-state index in [9.17, 15) is 13.2 Å². The van der Waals surface area contributed by atoms with Crippen molar-refractivity contribution in [1.82, 2.24) is 9.73 Å². The van der Waals surface area contributed by atoms with E-state index in [-0.39, 0.29) is 12.6 Å². The van der Waals surface area contributed by atoms with Gasteiger partial charge in [0.15, 0.2) is 0 Å². The summed E-state index contributed by atoms with van der Waals surface area (Å²) in [6.45, 7) is -0.209. The zero-order chi connectivity index (χ0) is 16.0. The molecular formula is C14H21N3O4S. The van der Waals surface area contributed by atoms with Gasteiger partial charge in [0.05, 0.1) is 25.3 Å². The largest absolute Gasteiger partial charge is 0.463 e. The highest BCUT2D eigenvalue weighted by atomic mass is 32.2. The van der Waals surface area contributed by atoms with Gasteiger partial charge in [-0.25, -0.2) is 13.8 Å². The number of hydrazone groups is 1. The Labute approximate surface area is 130 Å². The number of hydrogen-bond donors (Lipinski definition) is 1. The Bertz CT molecular complexity index is 604. The van der Waals surface area contributed by atoms with Crippen molar-refractivity contribution in [2.45, 2.75) is 38.1 Å². The Morgan fingerprint density at radius 2 is 2.18 bits per heavy atom. The van der Waals surface area contributed by atoms with Crippen LogP contribution >= 0.6 is 0 Å². The summed E-state index contributed by atoms with van der Waals surface area (Å²) in [4.78, 5) is 11.9. The topological polar surface area (TPSA) is 92.0 Å². The van der Waals surface area contributed by atoms with Gasteiger partial charge >= 0.3 is 0 Å². The summed E-state index contributed by atoms with van der Waals surface area (Å²) < 4.78 is 30.2. The van der Waals surface area contributed by atoms with Crippen molar-refractivity contribution in [3.63, 3.8) is 0 Å². The molecule has 8 heteroatoms. The number of nitrogens with zero attached hydrogens (tertiary/aromatic N) is 2. The van der Waals surface area contributed by atoms with Crippen molar-refractivity contribution in [1.29, 1.82) is 0 Å². The average molecular weight is 327 g/mol. The van der Waals surface area contributed by atoms with Crippen molar-refractivity contribution in [2.75, 3.05) is 12.8 Å². The zero-order valence-corrected chi connectivity index (χ0v) is 13.4. The molecule has 1 amide bonds. The highest BCUT2D eigenvalue weighted by Gasteiger charge is 2.29. The first kappa shape index (κ1) is 16.7. The molecule has 22 heavy (non-hydrogen) atoms. The van der Waals surface area contributed by atoms with E-state index in [1.807, 2.05) is 0 Å². The number of hydrogen-bond acceptors (Lipinski definition) is 5. The van der Waals surface area contributed by atoms with Gasteiger partial charge in [-0.3, -0.25) is 4.79 Å². The van der Waals surface area contributed by atoms with Crippen LogP contribution in [0.3, 0.4) is 0 Å². The predicted molar refractivity (Wildman–Crippen MR) is 82.9 cm³/mol. The van der Waals surface area contributed by atoms with Crippen LogP contribution in [0.15, 0.2) is 27.9 Å². The third-order valence-electron chi connectivity index (χ3n) is 3.63. The summed E-state index contributed by atoms with van der Waals surface area (Å²) in [5, 5.41) is 3.75. The van der Waals surface area contributed by atoms with E-state index >= 15 is 0 Å². The van der Waals surface area contributed by atoms with Gasteiger partial charge in [0.1, 0.15) is 5.76 Å². The second kappa shape index (κ2) is 7.55. The average Bonchev–Trinajstić information content (AvgIpc) is 2.98. The molecule has 0 bridgehead atoms. The lowest BCUT2D eigenvalue weighted by Gasteiger charge is -2.31. The Kier molecular flexibility index (Phi) is 5.73. The van der Waals surface area contributed by atoms with Crippen LogP contribution in [0.4, 0.5) is 0 Å². The molecule has 0 unspecified atom stereocenters. The van der Waals surface area contributed by atoms with Crippen molar-refractivity contribution < 1.29 is 17.6 Å². The second-order valence-corrected chi connectivity index (χ2v) is 7.34. The molecule has 0 saturated heterocycles. The Morgan fingerprint density at radius 1 is 1.45 bits per heavy atom. The molecule has 7 nitrogen and oxygen atoms in total. The second-order valence-electron chi connectivity index (χ2n) is 5.41. The minimum absolute atomic E-state index is 0.0939. The van der Waals surface area contributed by atoms with Gasteiger partial charge in [0, 0.05) is 6.04 Å². The van der Waals surface area contributed by atoms with Crippen molar-refractivity contribution in [3.8, 4) is 0 Å². The zero-order valence-electron chi connectivity index (χ0n) is 12.6. The lowest BCUT2D eigenvalue weighted by Crippen LogP contribution is -2.45. The van der Waals surface area contributed by atoms with Gasteiger partial charge in [-0.2, -0.15) is 9.41 Å². The van der Waals surface area contributed by atoms with Gasteiger partial charge < -0.3 is 4.42 Å². The lowest BCUT2D eigenvalue weighted by atomic mass is 9.95. The molecule has 1 aliphatic rings. The van der Waals surface area contributed by atoms with Crippen LogP contribution in [0, 0.1) is 0 Å². The normalized spacial score (nSPS) is 17.2. The fourth-order valence-electron chi connectivity index (χ4n) is 2.60. The Balaban J connectivity index is 1.93. The van der Waals surface area contributed by atoms with Crippen LogP contribution in [0.5, 0.6) is 0 Å². The van der Waals surface area contributed by atoms with Gasteiger partial charge in [-0.05, 0) is 25.0 Å². The van der Waals surface area contributed by atoms with Crippen LogP contribution in [0.1, 0.15) is 37.9 Å². The van der Waals surface area contributed by atoms with Crippen LogP contribution in [-0.2, 0) is 14.8 Å². The number of furan rings is 1. The van der Waals surface area contributed by atoms with Crippen molar-refractivity contribution in [2.24, 2.45) is 5.10 Å². The standard InChI is InChI=1S/C14H21N3O4S/c1-22(19,20)17(12-6-3-2-4-7-12)11-14(18)16-15-10-13-8-5-9-21-13/h5,8-10,12H,2-4,6-7,11H2,1H3,(H,16,18)/b15-10+. The van der Waals surface area contributed by atoms with Crippen molar-refractivity contribution >= 4 is 22.1 Å². The molecule has 1 heterocycles. The molecule has 1 aromatic rings. The van der Waals surface area contributed by atoms with E-state index in [4.69, 9.17) is 4.42 Å². The first-order chi connectivity index (χ1) is 10.5. The van der Waals surface area contributed by atoms with Crippen LogP contribution in [-0.4, -0.2) is 43.7 Å². The molecular weight excluding hydrogens is 306 g/mol. The van der Waals surface area contributed by atoms with Gasteiger partial charge in [-0.15, -0.1) is 0 Å². The maximum atomic E-state index is 11.9. The molecule has 1 saturated carbocycles. The summed E-state index contributed by atoms with van der Waals surface area (Å²) in [6, 6.07) is 3.31. The number of nitrogens with one attached hydrogen (secondary N) is 1. The summed E-state index contributed by atoms with van der Waals surface area (Å²) in [6.07, 6.45) is 8.71. The number of carbonyl (C=O) groups is 1. The number of amides is 1. The molecule has 1 fully saturated rings. The fraction of sp³-hybridized carbons (Fsp3) is 0.571. The number of rotatable bonds is 6. The highest BCUT2D eigenvalue weighted by Crippen LogP contribution is 2.24. The summed E-state index contributed by atoms with van der Waals surface area (Å²) in [7, 11) is -3.43. The van der Waals surface area contributed by atoms with Gasteiger partial charge in [-0.1, -0.05) is 19.3 Å². The molecule has 1 aliphatic carbocycles. The molecule has 0 radical (unpaired) electrons. The molecule has 122 valence electrons. The molecule has 0 atom stereocenters. The van der Waals surface area contributed by atoms with E-state index in [2.05, 4.69) is 10.5 Å². The molecule has 0 aromatic carbocycles. The highest BCUT2D eigenvalue weighted by molar-refractivity contribution is 7.88. The lowest BCUT2D eigenvalue weighted by molar-refractivity contribution is -0.121. The van der Waals surface area contributed by atoms with Crippen LogP contribution in [0.2, 0.25) is 0 Å². The number of carbonyl (C=O) groups excluding carboxylic acids is 1. The first-order valence-electron chi connectivity index (χ1n) is 7.29. The Hall–Kier alpha value is -1.67. The molecule has 0 aliphatic heterocycles. The smallest absolute Gasteiger partial charge is 0.255 e. The maximum Gasteiger partial charge on any atom is 0.255 e. The van der Waals surface area contributed by atoms with Crippen molar-refractivity contribution in [3.05, 3.63) is 24.2 Å². The quantitative estimate of drug-likeness (QED) is 0.630. The monoisotopic (exact) mass is 327 g/mol. The molecule has 2 rings (SSSR count). The minimum Gasteiger partial charge on any atom is -0.463 e. The van der Waals surface area contributed by atoms with E-state index in [1.165, 1.54) is 16.8 Å². The first-order valence-corrected chi connectivity index (χ1v) is 9.14. The Morgan fingerprint density at radius 3 is 2.77 bits per heavy atom. The van der Waals surface area contributed by atoms with Gasteiger partial charge in [0.2, 0.25) is 10.0 Å². The molecule has 1 N–H and O–H groups in total. The maximum absolute atomic E-state index is 11.9. The fourth-order valence-corrected chi connectivity index (χ4v) is 3.70. The third kappa shape index (κ3) is 4.96. The minimum atomic E-state index is -3.43.